The van der Waals surface area contributed by atoms with Crippen LogP contribution in [0.5, 0.6) is 5.75 Å². The fourth-order valence-electron chi connectivity index (χ4n) is 5.01. The number of benzene rings is 1. The van der Waals surface area contributed by atoms with Gasteiger partial charge >= 0.3 is 18.3 Å². The van der Waals surface area contributed by atoms with Crippen molar-refractivity contribution in [2.45, 2.75) is 143 Å². The van der Waals surface area contributed by atoms with Crippen LogP contribution >= 0.6 is 0 Å². The number of aliphatic hydroxyl groups is 2. The molecule has 1 fully saturated rings. The number of methoxy groups -OCH3 is 1. The van der Waals surface area contributed by atoms with Gasteiger partial charge < -0.3 is 24.4 Å². The number of alkyl halides is 6. The first kappa shape index (κ1) is 42.0. The standard InChI is InChI=1S/C18H28F6O4.C16H26O2/c1-6-14(2,3)13(25)28-12-8-10(15(4,26)17(19,20)21)7-11(9-12)16(5,27)18(22,23)24;1-7-12(2)13-8-10-14(11-9-13)18-15(17-6)16(3,4)5/h10-12,26-27H,6-9H2,1-5H3;8-12,15H,7H2,1-6H3. The zero-order chi connectivity index (χ0) is 36.1. The number of rotatable bonds is 10. The highest BCUT2D eigenvalue weighted by Crippen LogP contribution is 2.50. The quantitative estimate of drug-likeness (QED) is 0.147. The van der Waals surface area contributed by atoms with Crippen LogP contribution in [0.25, 0.3) is 0 Å². The lowest BCUT2D eigenvalue weighted by Crippen LogP contribution is -2.57. The highest BCUT2D eigenvalue weighted by molar-refractivity contribution is 5.76. The Kier molecular flexibility index (Phi) is 14.1. The van der Waals surface area contributed by atoms with Crippen molar-refractivity contribution >= 4 is 5.97 Å². The number of hydrogen-bond acceptors (Lipinski definition) is 6. The van der Waals surface area contributed by atoms with Gasteiger partial charge in [0.25, 0.3) is 0 Å². The summed E-state index contributed by atoms with van der Waals surface area (Å²) in [6.45, 7) is 16.5. The second-order valence-corrected chi connectivity index (χ2v) is 14.6. The summed E-state index contributed by atoms with van der Waals surface area (Å²) in [4.78, 5) is 12.3. The minimum absolute atomic E-state index is 0.0376. The highest BCUT2D eigenvalue weighted by Gasteiger charge is 2.61. The van der Waals surface area contributed by atoms with Crippen molar-refractivity contribution in [2.75, 3.05) is 7.11 Å². The molecule has 1 aromatic carbocycles. The summed E-state index contributed by atoms with van der Waals surface area (Å²) in [5, 5.41) is 20.0. The lowest BCUT2D eigenvalue weighted by atomic mass is 9.67. The van der Waals surface area contributed by atoms with Crippen molar-refractivity contribution in [1.29, 1.82) is 0 Å². The summed E-state index contributed by atoms with van der Waals surface area (Å²) in [6.07, 6.45) is -11.8. The molecule has 6 nitrogen and oxygen atoms in total. The van der Waals surface area contributed by atoms with E-state index >= 15 is 0 Å². The molecule has 1 aliphatic rings. The molecule has 6 atom stereocenters. The molecule has 0 saturated heterocycles. The molecular weight excluding hydrogens is 618 g/mol. The first-order valence-electron chi connectivity index (χ1n) is 15.7. The van der Waals surface area contributed by atoms with E-state index in [0.29, 0.717) is 26.2 Å². The Labute approximate surface area is 270 Å². The second kappa shape index (κ2) is 15.4. The van der Waals surface area contributed by atoms with Gasteiger partial charge in [-0.05, 0) is 83.4 Å². The van der Waals surface area contributed by atoms with Crippen molar-refractivity contribution in [3.05, 3.63) is 29.8 Å². The summed E-state index contributed by atoms with van der Waals surface area (Å²) < 4.78 is 96.1. The number of carbonyl (C=O) groups is 1. The van der Waals surface area contributed by atoms with Gasteiger partial charge in [0, 0.05) is 24.4 Å². The molecule has 1 aromatic rings. The van der Waals surface area contributed by atoms with Crippen LogP contribution in [-0.2, 0) is 14.3 Å². The molecule has 0 radical (unpaired) electrons. The Bertz CT molecular complexity index is 1060. The van der Waals surface area contributed by atoms with Gasteiger partial charge in [0.05, 0.1) is 5.41 Å². The fourth-order valence-corrected chi connectivity index (χ4v) is 5.01. The average Bonchev–Trinajstić information content (AvgIpc) is 2.94. The number of esters is 1. The summed E-state index contributed by atoms with van der Waals surface area (Å²) >= 11 is 0. The van der Waals surface area contributed by atoms with E-state index in [1.807, 2.05) is 12.1 Å². The number of carbonyl (C=O) groups excluding carboxylic acids is 1. The number of hydrogen-bond donors (Lipinski definition) is 2. The molecule has 0 spiro atoms. The van der Waals surface area contributed by atoms with E-state index in [1.54, 1.807) is 27.9 Å². The van der Waals surface area contributed by atoms with Crippen molar-refractivity contribution < 1.29 is 55.6 Å². The van der Waals surface area contributed by atoms with E-state index in [9.17, 15) is 41.4 Å². The van der Waals surface area contributed by atoms with Crippen LogP contribution in [0.2, 0.25) is 0 Å². The Morgan fingerprint density at radius 3 is 1.59 bits per heavy atom. The summed E-state index contributed by atoms with van der Waals surface area (Å²) in [7, 11) is 1.68. The zero-order valence-electron chi connectivity index (χ0n) is 29.0. The molecule has 0 aliphatic heterocycles. The largest absolute Gasteiger partial charge is 0.464 e. The molecule has 12 heteroatoms. The molecule has 1 saturated carbocycles. The monoisotopic (exact) mass is 672 g/mol. The summed E-state index contributed by atoms with van der Waals surface area (Å²) in [5.74, 6) is -2.65. The van der Waals surface area contributed by atoms with Crippen molar-refractivity contribution in [2.24, 2.45) is 22.7 Å². The van der Waals surface area contributed by atoms with Crippen LogP contribution in [0.4, 0.5) is 26.3 Å². The zero-order valence-corrected chi connectivity index (χ0v) is 29.0. The normalized spacial score (nSPS) is 23.6. The van der Waals surface area contributed by atoms with Gasteiger partial charge in [-0.3, -0.25) is 4.79 Å². The van der Waals surface area contributed by atoms with E-state index in [-0.39, 0.29) is 11.7 Å². The predicted octanol–water partition coefficient (Wildman–Crippen LogP) is 8.97. The maximum atomic E-state index is 13.3. The molecule has 6 unspecified atom stereocenters. The van der Waals surface area contributed by atoms with E-state index in [4.69, 9.17) is 14.2 Å². The number of ether oxygens (including phenoxy) is 3. The maximum absolute atomic E-state index is 13.3. The van der Waals surface area contributed by atoms with Crippen LogP contribution in [0.15, 0.2) is 24.3 Å². The lowest BCUT2D eigenvalue weighted by Gasteiger charge is -2.46. The third-order valence-electron chi connectivity index (χ3n) is 9.34. The maximum Gasteiger partial charge on any atom is 0.417 e. The summed E-state index contributed by atoms with van der Waals surface area (Å²) in [6, 6.07) is 8.33. The van der Waals surface area contributed by atoms with Gasteiger partial charge in [-0.25, -0.2) is 0 Å². The van der Waals surface area contributed by atoms with Gasteiger partial charge in [-0.15, -0.1) is 0 Å². The van der Waals surface area contributed by atoms with Crippen LogP contribution < -0.4 is 4.74 Å². The van der Waals surface area contributed by atoms with Crippen molar-refractivity contribution in [1.82, 2.24) is 0 Å². The van der Waals surface area contributed by atoms with Crippen molar-refractivity contribution in [3.8, 4) is 5.75 Å². The smallest absolute Gasteiger partial charge is 0.417 e. The van der Waals surface area contributed by atoms with E-state index in [1.165, 1.54) is 5.56 Å². The SMILES string of the molecule is CCC(C)(C)C(=O)OC1CC(C(C)(O)C(F)(F)F)CC(C(C)(O)C(F)(F)F)C1.CCC(C)c1ccc(OC(OC)C(C)(C)C)cc1. The topological polar surface area (TPSA) is 85.2 Å². The average molecular weight is 673 g/mol. The van der Waals surface area contributed by atoms with Crippen LogP contribution in [-0.4, -0.2) is 59.2 Å². The second-order valence-electron chi connectivity index (χ2n) is 14.6. The van der Waals surface area contributed by atoms with Gasteiger partial charge in [0.15, 0.2) is 11.2 Å². The Morgan fingerprint density at radius 1 is 0.826 bits per heavy atom. The fraction of sp³-hybridized carbons (Fsp3) is 0.794. The van der Waals surface area contributed by atoms with Gasteiger partial charge in [-0.1, -0.05) is 53.7 Å². The predicted molar refractivity (Wildman–Crippen MR) is 164 cm³/mol. The lowest BCUT2D eigenvalue weighted by molar-refractivity contribution is -0.299. The Morgan fingerprint density at radius 2 is 1.26 bits per heavy atom. The van der Waals surface area contributed by atoms with E-state index in [0.717, 1.165) is 12.2 Å². The highest BCUT2D eigenvalue weighted by atomic mass is 19.4. The minimum Gasteiger partial charge on any atom is -0.464 e. The van der Waals surface area contributed by atoms with Crippen LogP contribution in [0.3, 0.4) is 0 Å². The molecule has 0 bridgehead atoms. The molecule has 2 N–H and O–H groups in total. The Balaban J connectivity index is 0.000000506. The molecule has 0 amide bonds. The molecule has 1 aliphatic carbocycles. The van der Waals surface area contributed by atoms with Crippen LogP contribution in [0, 0.1) is 22.7 Å². The Hall–Kier alpha value is -2.05. The molecule has 46 heavy (non-hydrogen) atoms. The van der Waals surface area contributed by atoms with Gasteiger partial charge in [0.2, 0.25) is 6.29 Å². The van der Waals surface area contributed by atoms with E-state index in [2.05, 4.69) is 46.8 Å². The molecule has 268 valence electrons. The minimum atomic E-state index is -5.10. The third-order valence-corrected chi connectivity index (χ3v) is 9.34. The first-order chi connectivity index (χ1) is 20.6. The third kappa shape index (κ3) is 10.7. The number of halogens is 6. The molecular formula is C34H54F6O6. The van der Waals surface area contributed by atoms with E-state index < -0.39 is 72.1 Å². The van der Waals surface area contributed by atoms with Crippen molar-refractivity contribution in [3.63, 3.8) is 0 Å². The first-order valence-corrected chi connectivity index (χ1v) is 15.7. The van der Waals surface area contributed by atoms with Crippen LogP contribution in [0.1, 0.15) is 113 Å². The summed E-state index contributed by atoms with van der Waals surface area (Å²) in [5.41, 5.74) is -6.24. The molecule has 0 aromatic heterocycles. The molecule has 2 rings (SSSR count). The molecule has 0 heterocycles. The van der Waals surface area contributed by atoms with Gasteiger partial charge in [-0.2, -0.15) is 26.3 Å². The van der Waals surface area contributed by atoms with Gasteiger partial charge in [0.1, 0.15) is 11.9 Å².